The lowest BCUT2D eigenvalue weighted by molar-refractivity contribution is 0.0728. The van der Waals surface area contributed by atoms with Gasteiger partial charge in [0.1, 0.15) is 5.75 Å². The number of ether oxygens (including phenoxy) is 2. The van der Waals surface area contributed by atoms with Gasteiger partial charge in [-0.15, -0.1) is 0 Å². The lowest BCUT2D eigenvalue weighted by atomic mass is 10.1. The van der Waals surface area contributed by atoms with Crippen molar-refractivity contribution in [1.29, 1.82) is 0 Å². The van der Waals surface area contributed by atoms with E-state index in [0.29, 0.717) is 6.61 Å². The summed E-state index contributed by atoms with van der Waals surface area (Å²) in [5, 5.41) is 0. The monoisotopic (exact) mass is 535 g/mol. The topological polar surface area (TPSA) is 48.4 Å². The van der Waals surface area contributed by atoms with Gasteiger partial charge in [-0.1, -0.05) is 64.4 Å². The molecule has 0 radical (unpaired) electrons. The molecule has 1 aliphatic rings. The Kier molecular flexibility index (Phi) is 10.9. The van der Waals surface area contributed by atoms with Crippen LogP contribution in [0.4, 0.5) is 8.78 Å². The first-order valence-electron chi connectivity index (χ1n) is 14.4. The average Bonchev–Trinajstić information content (AvgIpc) is 3.78. The Hall–Kier alpha value is -3.28. The molecule has 2 aromatic carbocycles. The molecule has 4 rings (SSSR count). The Morgan fingerprint density at radius 2 is 1.64 bits per heavy atom. The molecule has 0 N–H and O–H groups in total. The van der Waals surface area contributed by atoms with Crippen molar-refractivity contribution in [1.82, 2.24) is 4.98 Å². The summed E-state index contributed by atoms with van der Waals surface area (Å²) in [6.45, 7) is 2.54. The summed E-state index contributed by atoms with van der Waals surface area (Å²) in [4.78, 5) is 17.1. The van der Waals surface area contributed by atoms with Gasteiger partial charge in [0.2, 0.25) is 5.82 Å². The SMILES string of the molecule is CCCCCCCCc1ccc(-c2ccc(OC(=O)c3ccc(OCCCCC4CC4)c(F)c3F)cc2)nc1. The number of carbonyl (C=O) groups is 1. The highest BCUT2D eigenvalue weighted by atomic mass is 19.2. The van der Waals surface area contributed by atoms with E-state index in [9.17, 15) is 13.6 Å². The fourth-order valence-electron chi connectivity index (χ4n) is 4.63. The number of rotatable bonds is 16. The van der Waals surface area contributed by atoms with Crippen molar-refractivity contribution >= 4 is 5.97 Å². The van der Waals surface area contributed by atoms with Crippen LogP contribution in [-0.2, 0) is 6.42 Å². The Morgan fingerprint density at radius 3 is 2.36 bits per heavy atom. The minimum atomic E-state index is -1.27. The van der Waals surface area contributed by atoms with Gasteiger partial charge in [0.15, 0.2) is 11.6 Å². The summed E-state index contributed by atoms with van der Waals surface area (Å²) >= 11 is 0. The lowest BCUT2D eigenvalue weighted by Gasteiger charge is -2.10. The molecule has 1 heterocycles. The summed E-state index contributed by atoms with van der Waals surface area (Å²) in [5.74, 6) is -2.52. The van der Waals surface area contributed by atoms with Crippen LogP contribution in [0.3, 0.4) is 0 Å². The lowest BCUT2D eigenvalue weighted by Crippen LogP contribution is -2.12. The van der Waals surface area contributed by atoms with Crippen LogP contribution >= 0.6 is 0 Å². The molecule has 0 amide bonds. The third-order valence-electron chi connectivity index (χ3n) is 7.23. The number of unbranched alkanes of at least 4 members (excludes halogenated alkanes) is 6. The smallest absolute Gasteiger partial charge is 0.346 e. The highest BCUT2D eigenvalue weighted by Crippen LogP contribution is 2.34. The number of esters is 1. The fraction of sp³-hybridized carbons (Fsp3) is 0.455. The summed E-state index contributed by atoms with van der Waals surface area (Å²) in [6.07, 6.45) is 16.1. The normalized spacial score (nSPS) is 12.9. The first-order chi connectivity index (χ1) is 19.0. The van der Waals surface area contributed by atoms with Gasteiger partial charge >= 0.3 is 5.97 Å². The van der Waals surface area contributed by atoms with Crippen molar-refractivity contribution in [2.24, 2.45) is 5.92 Å². The van der Waals surface area contributed by atoms with Crippen molar-refractivity contribution < 1.29 is 23.0 Å². The number of carbonyl (C=O) groups excluding carboxylic acids is 1. The van der Waals surface area contributed by atoms with Crippen LogP contribution in [0.5, 0.6) is 11.5 Å². The van der Waals surface area contributed by atoms with E-state index in [1.165, 1.54) is 69.1 Å². The van der Waals surface area contributed by atoms with Crippen LogP contribution in [-0.4, -0.2) is 17.6 Å². The highest BCUT2D eigenvalue weighted by molar-refractivity contribution is 5.91. The molecule has 0 bridgehead atoms. The Balaban J connectivity index is 1.26. The van der Waals surface area contributed by atoms with Gasteiger partial charge in [-0.2, -0.15) is 4.39 Å². The zero-order valence-corrected chi connectivity index (χ0v) is 22.9. The third kappa shape index (κ3) is 8.87. The average molecular weight is 536 g/mol. The van der Waals surface area contributed by atoms with Crippen LogP contribution in [0.2, 0.25) is 0 Å². The summed E-state index contributed by atoms with van der Waals surface area (Å²) in [6, 6.07) is 13.4. The van der Waals surface area contributed by atoms with Gasteiger partial charge in [-0.05, 0) is 79.6 Å². The highest BCUT2D eigenvalue weighted by Gasteiger charge is 2.22. The second kappa shape index (κ2) is 14.8. The zero-order chi connectivity index (χ0) is 27.5. The number of benzene rings is 2. The molecule has 1 fully saturated rings. The van der Waals surface area contributed by atoms with Crippen molar-refractivity contribution in [3.05, 3.63) is 77.5 Å². The summed E-state index contributed by atoms with van der Waals surface area (Å²) in [7, 11) is 0. The maximum atomic E-state index is 14.6. The van der Waals surface area contributed by atoms with E-state index in [1.54, 1.807) is 24.3 Å². The molecule has 1 aromatic heterocycles. The predicted molar refractivity (Wildman–Crippen MR) is 150 cm³/mol. The Bertz CT molecular complexity index is 1190. The minimum Gasteiger partial charge on any atom is -0.490 e. The van der Waals surface area contributed by atoms with Gasteiger partial charge in [-0.25, -0.2) is 9.18 Å². The Morgan fingerprint density at radius 1 is 0.872 bits per heavy atom. The Labute approximate surface area is 230 Å². The van der Waals surface area contributed by atoms with E-state index in [4.69, 9.17) is 9.47 Å². The first kappa shape index (κ1) is 28.7. The maximum Gasteiger partial charge on any atom is 0.346 e. The molecule has 0 spiro atoms. The van der Waals surface area contributed by atoms with Gasteiger partial charge < -0.3 is 9.47 Å². The number of pyridine rings is 1. The van der Waals surface area contributed by atoms with Crippen molar-refractivity contribution in [2.75, 3.05) is 6.61 Å². The minimum absolute atomic E-state index is 0.190. The van der Waals surface area contributed by atoms with Crippen molar-refractivity contribution in [2.45, 2.75) is 84.0 Å². The standard InChI is InChI=1S/C33H39F2NO3/c1-2-3-4-5-6-7-11-25-14-20-29(36-23-25)26-15-17-27(18-16-26)39-33(37)28-19-21-30(32(35)31(28)34)38-22-9-8-10-24-12-13-24/h14-21,23-24H,2-13,22H2,1H3. The number of aromatic nitrogens is 1. The molecule has 4 nitrogen and oxygen atoms in total. The largest absolute Gasteiger partial charge is 0.490 e. The predicted octanol–water partition coefficient (Wildman–Crippen LogP) is 9.11. The molecule has 208 valence electrons. The second-order valence-corrected chi connectivity index (χ2v) is 10.5. The summed E-state index contributed by atoms with van der Waals surface area (Å²) in [5.41, 5.74) is 2.44. The molecule has 1 saturated carbocycles. The molecule has 39 heavy (non-hydrogen) atoms. The van der Waals surface area contributed by atoms with Crippen LogP contribution in [0.25, 0.3) is 11.3 Å². The number of hydrogen-bond acceptors (Lipinski definition) is 4. The fourth-order valence-corrected chi connectivity index (χ4v) is 4.63. The molecule has 1 aliphatic carbocycles. The van der Waals surface area contributed by atoms with Gasteiger partial charge in [0.25, 0.3) is 0 Å². The quantitative estimate of drug-likeness (QED) is 0.104. The van der Waals surface area contributed by atoms with E-state index in [2.05, 4.69) is 18.0 Å². The first-order valence-corrected chi connectivity index (χ1v) is 14.4. The van der Waals surface area contributed by atoms with E-state index in [1.807, 2.05) is 12.3 Å². The van der Waals surface area contributed by atoms with Gasteiger partial charge in [0, 0.05) is 11.8 Å². The maximum absolute atomic E-state index is 14.6. The molecule has 0 aliphatic heterocycles. The number of aryl methyl sites for hydroxylation is 1. The van der Waals surface area contributed by atoms with E-state index in [0.717, 1.165) is 42.9 Å². The van der Waals surface area contributed by atoms with Crippen molar-refractivity contribution in [3.8, 4) is 22.8 Å². The molecule has 3 aromatic rings. The molecule has 0 unspecified atom stereocenters. The van der Waals surface area contributed by atoms with Crippen LogP contribution in [0.1, 0.15) is 93.5 Å². The molecule has 6 heteroatoms. The van der Waals surface area contributed by atoms with E-state index in [-0.39, 0.29) is 11.5 Å². The van der Waals surface area contributed by atoms with Gasteiger partial charge in [-0.3, -0.25) is 4.98 Å². The van der Waals surface area contributed by atoms with Crippen molar-refractivity contribution in [3.63, 3.8) is 0 Å². The molecule has 0 saturated heterocycles. The molecular weight excluding hydrogens is 496 g/mol. The van der Waals surface area contributed by atoms with Crippen LogP contribution in [0.15, 0.2) is 54.7 Å². The third-order valence-corrected chi connectivity index (χ3v) is 7.23. The number of hydrogen-bond donors (Lipinski definition) is 0. The number of nitrogens with zero attached hydrogens (tertiary/aromatic N) is 1. The number of halogens is 2. The van der Waals surface area contributed by atoms with Gasteiger partial charge in [0.05, 0.1) is 17.9 Å². The van der Waals surface area contributed by atoms with Crippen LogP contribution in [0, 0.1) is 17.6 Å². The molecule has 0 atom stereocenters. The summed E-state index contributed by atoms with van der Waals surface area (Å²) < 4.78 is 39.8. The van der Waals surface area contributed by atoms with Crippen LogP contribution < -0.4 is 9.47 Å². The second-order valence-electron chi connectivity index (χ2n) is 10.5. The zero-order valence-electron chi connectivity index (χ0n) is 22.9. The van der Waals surface area contributed by atoms with E-state index < -0.39 is 23.2 Å². The molecular formula is C33H39F2NO3. The van der Waals surface area contributed by atoms with E-state index >= 15 is 0 Å².